The first-order chi connectivity index (χ1) is 22.8. The van der Waals surface area contributed by atoms with Crippen LogP contribution in [-0.4, -0.2) is 86.4 Å². The Hall–Kier alpha value is -3.90. The number of likely N-dealkylation sites (tertiary alicyclic amines) is 1. The quantitative estimate of drug-likeness (QED) is 0.245. The molecule has 3 aliphatic carbocycles. The molecular formula is C35H51N7O6. The van der Waals surface area contributed by atoms with Gasteiger partial charge in [-0.15, -0.1) is 0 Å². The highest BCUT2D eigenvalue weighted by atomic mass is 16.2. The van der Waals surface area contributed by atoms with Crippen molar-refractivity contribution in [3.8, 4) is 0 Å². The van der Waals surface area contributed by atoms with Crippen LogP contribution in [0.3, 0.4) is 0 Å². The first-order valence-corrected chi connectivity index (χ1v) is 17.7. The molecule has 5 amide bonds. The number of hydrogen-bond acceptors (Lipinski definition) is 8. The number of nitrogens with one attached hydrogen (secondary N) is 4. The number of ketones is 1. The van der Waals surface area contributed by atoms with Gasteiger partial charge >= 0.3 is 0 Å². The van der Waals surface area contributed by atoms with E-state index in [1.54, 1.807) is 4.90 Å². The molecule has 1 saturated heterocycles. The summed E-state index contributed by atoms with van der Waals surface area (Å²) in [5.41, 5.74) is -1.87. The number of hydrogen-bond donors (Lipinski definition) is 4. The maximum absolute atomic E-state index is 14.6. The predicted octanol–water partition coefficient (Wildman–Crippen LogP) is 2.20. The summed E-state index contributed by atoms with van der Waals surface area (Å²) in [6.07, 6.45) is 12.6. The molecule has 262 valence electrons. The van der Waals surface area contributed by atoms with Crippen LogP contribution in [0.15, 0.2) is 18.6 Å². The molecule has 4 aliphatic rings. The number of carbonyl (C=O) groups is 6. The van der Waals surface area contributed by atoms with E-state index in [0.717, 1.165) is 51.4 Å². The molecule has 1 aromatic rings. The van der Waals surface area contributed by atoms with E-state index in [1.807, 2.05) is 27.7 Å². The topological polar surface area (TPSA) is 180 Å². The van der Waals surface area contributed by atoms with Gasteiger partial charge in [0.25, 0.3) is 11.8 Å². The average molecular weight is 666 g/mol. The van der Waals surface area contributed by atoms with Crippen molar-refractivity contribution in [3.05, 3.63) is 24.3 Å². The third-order valence-corrected chi connectivity index (χ3v) is 10.5. The monoisotopic (exact) mass is 665 g/mol. The number of amides is 5. The minimum atomic E-state index is -1.23. The lowest BCUT2D eigenvalue weighted by Crippen LogP contribution is -2.65. The molecule has 13 heteroatoms. The first kappa shape index (κ1) is 35.4. The van der Waals surface area contributed by atoms with E-state index in [4.69, 9.17) is 0 Å². The van der Waals surface area contributed by atoms with Crippen LogP contribution in [0.5, 0.6) is 0 Å². The van der Waals surface area contributed by atoms with Gasteiger partial charge in [-0.05, 0) is 62.2 Å². The maximum atomic E-state index is 14.6. The van der Waals surface area contributed by atoms with Crippen LogP contribution in [0.25, 0.3) is 0 Å². The Bertz CT molecular complexity index is 1390. The van der Waals surface area contributed by atoms with Crippen molar-refractivity contribution in [3.63, 3.8) is 0 Å². The number of carbonyl (C=O) groups excluding carboxylic acids is 6. The third-order valence-electron chi connectivity index (χ3n) is 10.5. The van der Waals surface area contributed by atoms with Crippen LogP contribution in [0.4, 0.5) is 0 Å². The van der Waals surface area contributed by atoms with Crippen LogP contribution >= 0.6 is 0 Å². The Balaban J connectivity index is 1.36. The Morgan fingerprint density at radius 2 is 1.69 bits per heavy atom. The Morgan fingerprint density at radius 3 is 2.31 bits per heavy atom. The summed E-state index contributed by atoms with van der Waals surface area (Å²) >= 11 is 0. The molecule has 3 saturated carbocycles. The van der Waals surface area contributed by atoms with Crippen LogP contribution < -0.4 is 21.3 Å². The minimum Gasteiger partial charge on any atom is -0.347 e. The molecular weight excluding hydrogens is 614 g/mol. The Morgan fingerprint density at radius 1 is 0.958 bits per heavy atom. The molecule has 0 radical (unpaired) electrons. The molecule has 48 heavy (non-hydrogen) atoms. The van der Waals surface area contributed by atoms with E-state index in [-0.39, 0.29) is 29.5 Å². The summed E-state index contributed by atoms with van der Waals surface area (Å²) in [5, 5.41) is 11.5. The second kappa shape index (κ2) is 14.7. The summed E-state index contributed by atoms with van der Waals surface area (Å²) < 4.78 is 0. The van der Waals surface area contributed by atoms with Crippen molar-refractivity contribution < 1.29 is 28.8 Å². The standard InChI is InChI=1S/C35H51N7O6/c1-5-10-24(27(43)31(46)38-22-13-14-22)39-30(45)26-23-12-9-11-21(23)20-42(26)32(47)28(34(2,3)4)40-33(48)35(15-7-6-8-16-35)41-29(44)25-19-36-17-18-37-25/h17-19,21-24,26,28H,5-16,20H2,1-4H3,(H,38,46)(H,39,45)(H,40,48)(H,41,44)/t21-,23-,24?,26-,28+/m0/s1. The highest BCUT2D eigenvalue weighted by Crippen LogP contribution is 2.43. The van der Waals surface area contributed by atoms with Gasteiger partial charge in [-0.3, -0.25) is 33.8 Å². The lowest BCUT2D eigenvalue weighted by molar-refractivity contribution is -0.146. The van der Waals surface area contributed by atoms with Crippen molar-refractivity contribution in [2.24, 2.45) is 17.3 Å². The molecule has 5 rings (SSSR count). The number of aromatic nitrogens is 2. The number of Topliss-reactive ketones (excluding diaryl/α,β-unsaturated/α-hetero) is 1. The van der Waals surface area contributed by atoms with Gasteiger partial charge in [-0.1, -0.05) is 59.8 Å². The molecule has 0 bridgehead atoms. The number of rotatable bonds is 12. The molecule has 1 unspecified atom stereocenters. The first-order valence-electron chi connectivity index (χ1n) is 17.7. The van der Waals surface area contributed by atoms with Crippen molar-refractivity contribution in [2.75, 3.05) is 6.54 Å². The SMILES string of the molecule is CCCC(NC(=O)[C@@H]1[C@H]2CCC[C@H]2CN1C(=O)[C@@H](NC(=O)C1(NC(=O)c2cnccn2)CCCCC1)C(C)(C)C)C(=O)C(=O)NC1CC1. The predicted molar refractivity (Wildman–Crippen MR) is 176 cm³/mol. The molecule has 5 atom stereocenters. The van der Waals surface area contributed by atoms with Gasteiger partial charge in [0.1, 0.15) is 23.3 Å². The minimum absolute atomic E-state index is 0.0132. The van der Waals surface area contributed by atoms with E-state index in [2.05, 4.69) is 31.2 Å². The van der Waals surface area contributed by atoms with Crippen LogP contribution in [0, 0.1) is 17.3 Å². The van der Waals surface area contributed by atoms with Gasteiger partial charge < -0.3 is 26.2 Å². The third kappa shape index (κ3) is 7.86. The van der Waals surface area contributed by atoms with Crippen molar-refractivity contribution >= 4 is 35.3 Å². The fourth-order valence-electron chi connectivity index (χ4n) is 7.67. The fraction of sp³-hybridized carbons (Fsp3) is 0.714. The summed E-state index contributed by atoms with van der Waals surface area (Å²) in [6.45, 7) is 7.84. The lowest BCUT2D eigenvalue weighted by Gasteiger charge is -2.41. The molecule has 0 aromatic carbocycles. The zero-order chi connectivity index (χ0) is 34.6. The van der Waals surface area contributed by atoms with Crippen LogP contribution in [0.2, 0.25) is 0 Å². The van der Waals surface area contributed by atoms with Crippen molar-refractivity contribution in [1.29, 1.82) is 0 Å². The molecule has 4 N–H and O–H groups in total. The largest absolute Gasteiger partial charge is 0.347 e. The van der Waals surface area contributed by atoms with Gasteiger partial charge in [0.2, 0.25) is 23.5 Å². The van der Waals surface area contributed by atoms with Gasteiger partial charge in [0.15, 0.2) is 0 Å². The van der Waals surface area contributed by atoms with Gasteiger partial charge in [-0.25, -0.2) is 4.98 Å². The Kier molecular flexibility index (Phi) is 10.8. The second-order valence-electron chi connectivity index (χ2n) is 15.2. The zero-order valence-corrected chi connectivity index (χ0v) is 28.7. The van der Waals surface area contributed by atoms with E-state index in [1.165, 1.54) is 18.6 Å². The second-order valence-corrected chi connectivity index (χ2v) is 15.2. The van der Waals surface area contributed by atoms with Gasteiger partial charge in [0.05, 0.1) is 12.2 Å². The van der Waals surface area contributed by atoms with E-state index in [0.29, 0.717) is 32.2 Å². The Labute approximate surface area is 282 Å². The summed E-state index contributed by atoms with van der Waals surface area (Å²) in [4.78, 5) is 91.4. The molecule has 1 aromatic heterocycles. The summed E-state index contributed by atoms with van der Waals surface area (Å²) in [7, 11) is 0. The molecule has 13 nitrogen and oxygen atoms in total. The highest BCUT2D eigenvalue weighted by Gasteiger charge is 2.53. The molecule has 0 spiro atoms. The molecule has 2 heterocycles. The zero-order valence-electron chi connectivity index (χ0n) is 28.7. The van der Waals surface area contributed by atoms with Gasteiger partial charge in [-0.2, -0.15) is 0 Å². The average Bonchev–Trinajstić information content (AvgIpc) is 3.63. The lowest BCUT2D eigenvalue weighted by atomic mass is 9.79. The molecule has 1 aliphatic heterocycles. The van der Waals surface area contributed by atoms with E-state index >= 15 is 0 Å². The maximum Gasteiger partial charge on any atom is 0.289 e. The summed E-state index contributed by atoms with van der Waals surface area (Å²) in [6, 6.07) is -2.80. The number of fused-ring (bicyclic) bond motifs is 1. The van der Waals surface area contributed by atoms with Crippen molar-refractivity contribution in [1.82, 2.24) is 36.1 Å². The van der Waals surface area contributed by atoms with Gasteiger partial charge in [0, 0.05) is 25.0 Å². The number of nitrogens with zero attached hydrogens (tertiary/aromatic N) is 3. The summed E-state index contributed by atoms with van der Waals surface area (Å²) in [5.74, 6) is -3.09. The van der Waals surface area contributed by atoms with Crippen molar-refractivity contribution in [2.45, 2.75) is 134 Å². The normalized spacial score (nSPS) is 24.5. The van der Waals surface area contributed by atoms with E-state index in [9.17, 15) is 28.8 Å². The highest BCUT2D eigenvalue weighted by molar-refractivity contribution is 6.38. The molecule has 4 fully saturated rings. The fourth-order valence-corrected chi connectivity index (χ4v) is 7.67. The van der Waals surface area contributed by atoms with Crippen LogP contribution in [0.1, 0.15) is 115 Å². The van der Waals surface area contributed by atoms with Crippen LogP contribution in [-0.2, 0) is 24.0 Å². The smallest absolute Gasteiger partial charge is 0.289 e. The van der Waals surface area contributed by atoms with E-state index < -0.39 is 58.5 Å².